The first kappa shape index (κ1) is 42.5. The topological polar surface area (TPSA) is 183 Å². The molecule has 1 aromatic carbocycles. The number of carbonyl (C=O) groups is 7. The van der Waals surface area contributed by atoms with Gasteiger partial charge in [0.15, 0.2) is 0 Å². The smallest absolute Gasteiger partial charge is 0.408 e. The number of fused-ring (bicyclic) bond motifs is 1. The summed E-state index contributed by atoms with van der Waals surface area (Å²) in [6.07, 6.45) is 2.29. The molecule has 7 atom stereocenters. The molecule has 6 amide bonds. The van der Waals surface area contributed by atoms with Crippen molar-refractivity contribution >= 4 is 41.4 Å². The first-order valence-electron chi connectivity index (χ1n) is 19.5. The van der Waals surface area contributed by atoms with Crippen LogP contribution in [0.5, 0.6) is 0 Å². The number of hydrogen-bond donors (Lipinski definition) is 4. The number of piperidine rings is 1. The van der Waals surface area contributed by atoms with Gasteiger partial charge in [0, 0.05) is 33.0 Å². The fraction of sp³-hybridized carbons (Fsp3) is 0.675. The number of nitrogens with zero attached hydrogens (tertiary/aromatic N) is 2. The second-order valence-corrected chi connectivity index (χ2v) is 17.6. The van der Waals surface area contributed by atoms with Crippen LogP contribution in [0.3, 0.4) is 0 Å². The molecule has 4 N–H and O–H groups in total. The minimum absolute atomic E-state index is 0.0708. The second-order valence-electron chi connectivity index (χ2n) is 17.6. The maximum absolute atomic E-state index is 14.4. The number of rotatable bonds is 14. The van der Waals surface area contributed by atoms with Crippen LogP contribution in [0.1, 0.15) is 91.2 Å². The van der Waals surface area contributed by atoms with E-state index in [0.29, 0.717) is 18.4 Å². The molecule has 1 aliphatic heterocycles. The van der Waals surface area contributed by atoms with Gasteiger partial charge in [-0.2, -0.15) is 0 Å². The van der Waals surface area contributed by atoms with Gasteiger partial charge in [-0.3, -0.25) is 28.8 Å². The molecule has 4 fully saturated rings. The summed E-state index contributed by atoms with van der Waals surface area (Å²) in [5, 5.41) is 10.1. The number of benzene rings is 1. The molecule has 4 aliphatic rings. The third kappa shape index (κ3) is 9.84. The third-order valence-corrected chi connectivity index (χ3v) is 11.7. The highest BCUT2D eigenvalue weighted by molar-refractivity contribution is 6.38. The van der Waals surface area contributed by atoms with Crippen molar-refractivity contribution in [2.24, 2.45) is 29.1 Å². The van der Waals surface area contributed by atoms with E-state index in [9.17, 15) is 42.3 Å². The largest absolute Gasteiger partial charge is 0.444 e. The molecule has 4 unspecified atom stereocenters. The van der Waals surface area contributed by atoms with E-state index in [1.807, 2.05) is 13.8 Å². The van der Waals surface area contributed by atoms with Crippen molar-refractivity contribution in [1.29, 1.82) is 0 Å². The van der Waals surface area contributed by atoms with Gasteiger partial charge in [0.25, 0.3) is 11.8 Å². The maximum atomic E-state index is 14.4. The van der Waals surface area contributed by atoms with E-state index in [2.05, 4.69) is 21.3 Å². The Balaban J connectivity index is 1.31. The summed E-state index contributed by atoms with van der Waals surface area (Å²) < 4.78 is 33.9. The van der Waals surface area contributed by atoms with Gasteiger partial charge in [-0.1, -0.05) is 63.4 Å². The number of ketones is 1. The zero-order valence-electron chi connectivity index (χ0n) is 33.3. The van der Waals surface area contributed by atoms with Gasteiger partial charge in [0.1, 0.15) is 23.7 Å². The summed E-state index contributed by atoms with van der Waals surface area (Å²) in [6.45, 7) is 8.54. The lowest BCUT2D eigenvalue weighted by atomic mass is 9.83. The van der Waals surface area contributed by atoms with E-state index in [1.165, 1.54) is 23.9 Å². The summed E-state index contributed by atoms with van der Waals surface area (Å²) in [5.74, 6) is -9.92. The van der Waals surface area contributed by atoms with Crippen LogP contribution in [0.4, 0.5) is 13.6 Å². The number of halogens is 2. The average Bonchev–Trinajstić information content (AvgIpc) is 3.80. The van der Waals surface area contributed by atoms with Crippen LogP contribution in [0.2, 0.25) is 0 Å². The Hall–Kier alpha value is -4.63. The number of Topliss-reactive ketones (excluding diaryl/α,β-unsaturated/α-hetero) is 1. The molecule has 3 aliphatic carbocycles. The van der Waals surface area contributed by atoms with Crippen LogP contribution in [-0.4, -0.2) is 108 Å². The van der Waals surface area contributed by atoms with Crippen LogP contribution >= 0.6 is 0 Å². The van der Waals surface area contributed by atoms with Gasteiger partial charge >= 0.3 is 6.09 Å². The molecule has 0 radical (unpaired) electrons. The summed E-state index contributed by atoms with van der Waals surface area (Å²) >= 11 is 0. The molecule has 0 spiro atoms. The number of ether oxygens (including phenoxy) is 1. The summed E-state index contributed by atoms with van der Waals surface area (Å²) in [6, 6.07) is 3.58. The van der Waals surface area contributed by atoms with Crippen LogP contribution in [0, 0.1) is 29.1 Å². The van der Waals surface area contributed by atoms with Crippen LogP contribution < -0.4 is 21.3 Å². The number of hydrogen-bond acceptors (Lipinski definition) is 8. The molecule has 3 saturated carbocycles. The van der Waals surface area contributed by atoms with E-state index in [4.69, 9.17) is 4.74 Å². The zero-order valence-corrected chi connectivity index (χ0v) is 33.3. The van der Waals surface area contributed by atoms with E-state index < -0.39 is 102 Å². The molecule has 0 aromatic heterocycles. The third-order valence-electron chi connectivity index (χ3n) is 11.7. The van der Waals surface area contributed by atoms with Gasteiger partial charge in [0.2, 0.25) is 29.4 Å². The van der Waals surface area contributed by atoms with Crippen molar-refractivity contribution in [3.8, 4) is 0 Å². The molecular formula is C40H56F2N6O8. The molecule has 1 aromatic rings. The molecule has 0 bridgehead atoms. The summed E-state index contributed by atoms with van der Waals surface area (Å²) in [4.78, 5) is 96.9. The van der Waals surface area contributed by atoms with Crippen molar-refractivity contribution in [2.45, 2.75) is 115 Å². The number of likely N-dealkylation sites (tertiary alicyclic amines) is 1. The van der Waals surface area contributed by atoms with Gasteiger partial charge in [-0.05, 0) is 68.8 Å². The van der Waals surface area contributed by atoms with Gasteiger partial charge in [0.05, 0.1) is 12.6 Å². The number of carbonyl (C=O) groups excluding carboxylic acids is 7. The Bertz CT molecular complexity index is 1690. The zero-order chi connectivity index (χ0) is 41.3. The fourth-order valence-electron chi connectivity index (χ4n) is 8.38. The monoisotopic (exact) mass is 786 g/mol. The van der Waals surface area contributed by atoms with Crippen molar-refractivity contribution in [3.05, 3.63) is 35.9 Å². The standard InChI is InChI=1S/C40H56F2N6O8/c1-38(2,3)56-37(55)46-30(23-16-12-9-13-17-23)36(54)48-21-25-28(39(25,4)5)31(48)33(51)44-26(18-24-19-40(24,41)42)32(50)34(52)43-20-27(49)45-29(35(53)47(6)7)22-14-10-8-11-15-22/h8,10-11,14-15,23-26,28-31H,9,12-13,16-21H2,1-7H3,(H,43,52)(H,44,51)(H,45,49)(H,46,55)/t24?,25-,26?,28-,29?,30?,31-/m0/s1. The molecule has 1 saturated heterocycles. The summed E-state index contributed by atoms with van der Waals surface area (Å²) in [5.41, 5.74) is -0.685. The lowest BCUT2D eigenvalue weighted by molar-refractivity contribution is -0.145. The first-order valence-corrected chi connectivity index (χ1v) is 19.5. The van der Waals surface area contributed by atoms with E-state index in [0.717, 1.165) is 19.3 Å². The maximum Gasteiger partial charge on any atom is 0.408 e. The van der Waals surface area contributed by atoms with Gasteiger partial charge in [-0.25, -0.2) is 13.6 Å². The molecule has 1 heterocycles. The lowest BCUT2D eigenvalue weighted by Crippen LogP contribution is -2.60. The minimum Gasteiger partial charge on any atom is -0.444 e. The highest BCUT2D eigenvalue weighted by atomic mass is 19.3. The Morgan fingerprint density at radius 1 is 0.946 bits per heavy atom. The van der Waals surface area contributed by atoms with Crippen LogP contribution in [0.25, 0.3) is 0 Å². The Morgan fingerprint density at radius 2 is 1.57 bits per heavy atom. The van der Waals surface area contributed by atoms with Gasteiger partial charge in [-0.15, -0.1) is 0 Å². The van der Waals surface area contributed by atoms with E-state index in [1.54, 1.807) is 51.1 Å². The van der Waals surface area contributed by atoms with Crippen molar-refractivity contribution in [2.75, 3.05) is 27.2 Å². The first-order chi connectivity index (χ1) is 26.1. The van der Waals surface area contributed by atoms with Gasteiger partial charge < -0.3 is 35.8 Å². The number of alkyl halides is 2. The minimum atomic E-state index is -3.08. The highest BCUT2D eigenvalue weighted by Gasteiger charge is 2.70. The van der Waals surface area contributed by atoms with E-state index >= 15 is 0 Å². The number of amides is 6. The molecule has 14 nitrogen and oxygen atoms in total. The number of likely N-dealkylation sites (N-methyl/N-ethyl adjacent to an activating group) is 1. The fourth-order valence-corrected chi connectivity index (χ4v) is 8.38. The molecular weight excluding hydrogens is 730 g/mol. The quantitative estimate of drug-likeness (QED) is 0.208. The van der Waals surface area contributed by atoms with Crippen molar-refractivity contribution in [3.63, 3.8) is 0 Å². The number of alkyl carbamates (subject to hydrolysis) is 1. The summed E-state index contributed by atoms with van der Waals surface area (Å²) in [7, 11) is 3.04. The molecule has 56 heavy (non-hydrogen) atoms. The van der Waals surface area contributed by atoms with E-state index in [-0.39, 0.29) is 29.7 Å². The predicted octanol–water partition coefficient (Wildman–Crippen LogP) is 3.10. The molecule has 16 heteroatoms. The Morgan fingerprint density at radius 3 is 2.14 bits per heavy atom. The SMILES string of the molecule is CN(C)C(=O)C(NC(=O)CNC(=O)C(=O)C(CC1CC1(F)F)NC(=O)[C@@H]1[C@@H]2[C@H](CN1C(=O)C(NC(=O)OC(C)(C)C)C1CCCCC1)C2(C)C)c1ccccc1. The van der Waals surface area contributed by atoms with Crippen LogP contribution in [-0.2, 0) is 33.5 Å². The van der Waals surface area contributed by atoms with Crippen LogP contribution in [0.15, 0.2) is 30.3 Å². The lowest BCUT2D eigenvalue weighted by Gasteiger charge is -2.37. The molecule has 308 valence electrons. The second kappa shape index (κ2) is 16.5. The highest BCUT2D eigenvalue weighted by Crippen LogP contribution is 2.65. The number of nitrogens with one attached hydrogen (secondary N) is 4. The predicted molar refractivity (Wildman–Crippen MR) is 200 cm³/mol. The Labute approximate surface area is 326 Å². The van der Waals surface area contributed by atoms with Crippen molar-refractivity contribution < 1.29 is 47.1 Å². The normalized spacial score (nSPS) is 25.0. The van der Waals surface area contributed by atoms with Crippen molar-refractivity contribution in [1.82, 2.24) is 31.1 Å². The average molecular weight is 787 g/mol. The molecule has 5 rings (SSSR count). The Kier molecular flexibility index (Phi) is 12.5.